The van der Waals surface area contributed by atoms with Gasteiger partial charge < -0.3 is 20.5 Å². The summed E-state index contributed by atoms with van der Waals surface area (Å²) in [5.41, 5.74) is 1.02. The summed E-state index contributed by atoms with van der Waals surface area (Å²) in [6.45, 7) is 10.0. The highest BCUT2D eigenvalue weighted by atomic mass is 127. The van der Waals surface area contributed by atoms with Gasteiger partial charge in [-0.2, -0.15) is 0 Å². The van der Waals surface area contributed by atoms with Crippen LogP contribution in [0.25, 0.3) is 0 Å². The molecule has 3 N–H and O–H groups in total. The molecular weight excluding hydrogens is 451 g/mol. The fourth-order valence-electron chi connectivity index (χ4n) is 2.62. The lowest BCUT2D eigenvalue weighted by Gasteiger charge is -2.35. The fraction of sp³-hybridized carbons (Fsp3) is 0.765. The van der Waals surface area contributed by atoms with Gasteiger partial charge in [0.2, 0.25) is 0 Å². The lowest BCUT2D eigenvalue weighted by Crippen LogP contribution is -2.47. The van der Waals surface area contributed by atoms with Gasteiger partial charge in [0.1, 0.15) is 5.01 Å². The van der Waals surface area contributed by atoms with Crippen LogP contribution in [0.15, 0.2) is 10.4 Å². The van der Waals surface area contributed by atoms with Gasteiger partial charge in [0.25, 0.3) is 0 Å². The molecule has 1 aliphatic heterocycles. The first kappa shape index (κ1) is 22.6. The molecule has 1 aliphatic rings. The zero-order chi connectivity index (χ0) is 17.4. The van der Waals surface area contributed by atoms with Crippen molar-refractivity contribution in [3.05, 3.63) is 16.1 Å². The van der Waals surface area contributed by atoms with Crippen LogP contribution >= 0.6 is 35.3 Å². The number of aliphatic hydroxyl groups is 1. The van der Waals surface area contributed by atoms with Crippen LogP contribution in [0.3, 0.4) is 0 Å². The molecule has 0 amide bonds. The summed E-state index contributed by atoms with van der Waals surface area (Å²) in [5, 5.41) is 19.6. The van der Waals surface area contributed by atoms with Crippen molar-refractivity contribution < 1.29 is 9.84 Å². The number of aliphatic hydroxyl groups excluding tert-OH is 1. The average Bonchev–Trinajstić information content (AvgIpc) is 3.07. The van der Waals surface area contributed by atoms with Gasteiger partial charge in [-0.15, -0.1) is 35.3 Å². The molecule has 0 spiro atoms. The van der Waals surface area contributed by atoms with Gasteiger partial charge in [-0.05, 0) is 25.7 Å². The number of nitrogens with one attached hydrogen (secondary N) is 2. The van der Waals surface area contributed by atoms with Crippen molar-refractivity contribution in [3.8, 4) is 0 Å². The van der Waals surface area contributed by atoms with Crippen LogP contribution < -0.4 is 10.6 Å². The van der Waals surface area contributed by atoms with Crippen molar-refractivity contribution in [1.29, 1.82) is 0 Å². The predicted octanol–water partition coefficient (Wildman–Crippen LogP) is 2.73. The normalized spacial score (nSPS) is 17.2. The first-order valence-corrected chi connectivity index (χ1v) is 9.61. The van der Waals surface area contributed by atoms with E-state index in [1.54, 1.807) is 11.3 Å². The summed E-state index contributed by atoms with van der Waals surface area (Å²) in [4.78, 5) is 9.26. The summed E-state index contributed by atoms with van der Waals surface area (Å²) in [6.07, 6.45) is 1.75. The molecule has 25 heavy (non-hydrogen) atoms. The zero-order valence-corrected chi connectivity index (χ0v) is 18.5. The van der Waals surface area contributed by atoms with Crippen LogP contribution in [-0.4, -0.2) is 49.0 Å². The second-order valence-corrected chi connectivity index (χ2v) is 7.58. The summed E-state index contributed by atoms with van der Waals surface area (Å²) >= 11 is 1.66. The molecule has 1 saturated heterocycles. The number of thiazole rings is 1. The van der Waals surface area contributed by atoms with Crippen molar-refractivity contribution >= 4 is 41.3 Å². The van der Waals surface area contributed by atoms with Crippen LogP contribution in [0, 0.1) is 5.41 Å². The van der Waals surface area contributed by atoms with E-state index in [0.29, 0.717) is 32.2 Å². The van der Waals surface area contributed by atoms with Crippen molar-refractivity contribution in [1.82, 2.24) is 15.6 Å². The minimum Gasteiger partial charge on any atom is -0.396 e. The van der Waals surface area contributed by atoms with Gasteiger partial charge in [-0.25, -0.2) is 9.98 Å². The monoisotopic (exact) mass is 482 g/mol. The molecule has 144 valence electrons. The molecule has 0 atom stereocenters. The fourth-order valence-corrected chi connectivity index (χ4v) is 3.50. The third kappa shape index (κ3) is 6.99. The maximum absolute atomic E-state index is 9.78. The average molecular weight is 482 g/mol. The highest BCUT2D eigenvalue weighted by molar-refractivity contribution is 14.0. The second kappa shape index (κ2) is 11.3. The van der Waals surface area contributed by atoms with Crippen molar-refractivity contribution in [2.75, 3.05) is 32.9 Å². The maximum atomic E-state index is 9.78. The van der Waals surface area contributed by atoms with E-state index in [4.69, 9.17) is 4.74 Å². The molecule has 8 heteroatoms. The van der Waals surface area contributed by atoms with E-state index in [-0.39, 0.29) is 36.0 Å². The van der Waals surface area contributed by atoms with Crippen LogP contribution in [0.4, 0.5) is 0 Å². The largest absolute Gasteiger partial charge is 0.396 e. The number of hydrogen-bond donors (Lipinski definition) is 3. The number of hydrogen-bond acceptors (Lipinski definition) is 5. The number of halogens is 1. The van der Waals surface area contributed by atoms with E-state index >= 15 is 0 Å². The van der Waals surface area contributed by atoms with Crippen LogP contribution in [0.5, 0.6) is 0 Å². The van der Waals surface area contributed by atoms with Crippen molar-refractivity contribution in [3.63, 3.8) is 0 Å². The molecule has 0 radical (unpaired) electrons. The number of guanidine groups is 1. The highest BCUT2D eigenvalue weighted by Crippen LogP contribution is 2.28. The molecule has 1 aromatic heterocycles. The molecule has 1 fully saturated rings. The Morgan fingerprint density at radius 1 is 1.40 bits per heavy atom. The van der Waals surface area contributed by atoms with Crippen molar-refractivity contribution in [2.45, 2.75) is 46.1 Å². The Morgan fingerprint density at radius 3 is 2.68 bits per heavy atom. The third-order valence-electron chi connectivity index (χ3n) is 4.40. The Balaban J connectivity index is 0.00000312. The summed E-state index contributed by atoms with van der Waals surface area (Å²) < 4.78 is 5.42. The van der Waals surface area contributed by atoms with E-state index in [0.717, 1.165) is 36.0 Å². The maximum Gasteiger partial charge on any atom is 0.191 e. The molecule has 0 aromatic carbocycles. The van der Waals surface area contributed by atoms with E-state index in [9.17, 15) is 5.11 Å². The van der Waals surface area contributed by atoms with Gasteiger partial charge in [-0.1, -0.05) is 13.8 Å². The predicted molar refractivity (Wildman–Crippen MR) is 114 cm³/mol. The molecule has 6 nitrogen and oxygen atoms in total. The Bertz CT molecular complexity index is 530. The standard InChI is InChI=1S/C17H30N4O2S.HI/c1-4-18-16(19-9-15-21-14(10-24-15)13(2)3)20-11-17(12-22)5-7-23-8-6-17;/h10,13,22H,4-9,11-12H2,1-3H3,(H2,18,19,20);1H. The summed E-state index contributed by atoms with van der Waals surface area (Å²) in [6, 6.07) is 0. The minimum atomic E-state index is -0.111. The van der Waals surface area contributed by atoms with Crippen LogP contribution in [0.1, 0.15) is 50.2 Å². The van der Waals surface area contributed by atoms with E-state index in [1.807, 2.05) is 6.92 Å². The van der Waals surface area contributed by atoms with Crippen LogP contribution in [0.2, 0.25) is 0 Å². The molecule has 0 bridgehead atoms. The second-order valence-electron chi connectivity index (χ2n) is 6.64. The zero-order valence-electron chi connectivity index (χ0n) is 15.4. The first-order valence-electron chi connectivity index (χ1n) is 8.73. The molecular formula is C17H31IN4O2S. The van der Waals surface area contributed by atoms with Gasteiger partial charge in [-0.3, -0.25) is 0 Å². The number of aromatic nitrogens is 1. The van der Waals surface area contributed by atoms with Crippen molar-refractivity contribution in [2.24, 2.45) is 10.4 Å². The van der Waals surface area contributed by atoms with E-state index in [2.05, 4.69) is 39.8 Å². The minimum absolute atomic E-state index is 0. The van der Waals surface area contributed by atoms with Gasteiger partial charge in [0, 0.05) is 37.1 Å². The SMILES string of the molecule is CCNC(=NCc1nc(C(C)C)cs1)NCC1(CO)CCOCC1.I. The van der Waals surface area contributed by atoms with Crippen LogP contribution in [-0.2, 0) is 11.3 Å². The highest BCUT2D eigenvalue weighted by Gasteiger charge is 2.32. The Morgan fingerprint density at radius 2 is 2.12 bits per heavy atom. The quantitative estimate of drug-likeness (QED) is 0.317. The number of nitrogens with zero attached hydrogens (tertiary/aromatic N) is 2. The smallest absolute Gasteiger partial charge is 0.191 e. The van der Waals surface area contributed by atoms with E-state index < -0.39 is 0 Å². The van der Waals surface area contributed by atoms with Gasteiger partial charge in [0.15, 0.2) is 5.96 Å². The third-order valence-corrected chi connectivity index (χ3v) is 5.25. The first-order chi connectivity index (χ1) is 11.6. The molecule has 0 saturated carbocycles. The number of ether oxygens (including phenoxy) is 1. The molecule has 2 heterocycles. The Labute approximate surface area is 171 Å². The number of rotatable bonds is 7. The molecule has 0 unspecified atom stereocenters. The lowest BCUT2D eigenvalue weighted by molar-refractivity contribution is -0.0131. The topological polar surface area (TPSA) is 78.8 Å². The summed E-state index contributed by atoms with van der Waals surface area (Å²) in [5.74, 6) is 1.22. The summed E-state index contributed by atoms with van der Waals surface area (Å²) in [7, 11) is 0. The van der Waals surface area contributed by atoms with Gasteiger partial charge in [0.05, 0.1) is 18.8 Å². The van der Waals surface area contributed by atoms with Gasteiger partial charge >= 0.3 is 0 Å². The van der Waals surface area contributed by atoms with E-state index in [1.165, 1.54) is 0 Å². The lowest BCUT2D eigenvalue weighted by atomic mass is 9.81. The molecule has 0 aliphatic carbocycles. The Kier molecular flexibility index (Phi) is 10.2. The Hall–Kier alpha value is -0.450. The number of aliphatic imine (C=N–C) groups is 1. The molecule has 2 rings (SSSR count). The molecule has 1 aromatic rings.